The molecule has 0 saturated heterocycles. The third kappa shape index (κ3) is 2.35. The van der Waals surface area contributed by atoms with E-state index in [0.717, 1.165) is 0 Å². The molecule has 0 atom stereocenters. The third-order valence-corrected chi connectivity index (χ3v) is 3.20. The van der Waals surface area contributed by atoms with E-state index in [9.17, 15) is 9.90 Å². The summed E-state index contributed by atoms with van der Waals surface area (Å²) in [6.45, 7) is 8.50. The van der Waals surface area contributed by atoms with Gasteiger partial charge in [-0.2, -0.15) is 5.10 Å². The Kier molecular flexibility index (Phi) is 3.45. The second kappa shape index (κ2) is 5.57. The highest BCUT2D eigenvalue weighted by Crippen LogP contribution is 2.38. The zero-order valence-corrected chi connectivity index (χ0v) is 11.4. The van der Waals surface area contributed by atoms with Crippen molar-refractivity contribution in [2.45, 2.75) is 0 Å². The van der Waals surface area contributed by atoms with E-state index < -0.39 is 5.91 Å². The number of guanidine groups is 1. The summed E-state index contributed by atoms with van der Waals surface area (Å²) in [7, 11) is 0. The van der Waals surface area contributed by atoms with Gasteiger partial charge < -0.3 is 10.4 Å². The van der Waals surface area contributed by atoms with Crippen molar-refractivity contribution < 1.29 is 9.90 Å². The molecule has 1 aromatic heterocycles. The van der Waals surface area contributed by atoms with Gasteiger partial charge >= 0.3 is 0 Å². The number of phenolic OH excluding ortho intramolecular Hbond substituents is 1. The van der Waals surface area contributed by atoms with E-state index in [1.165, 1.54) is 18.3 Å². The Morgan fingerprint density at radius 1 is 1.45 bits per heavy atom. The first-order chi connectivity index (χ1) is 10.7. The van der Waals surface area contributed by atoms with Crippen LogP contribution in [0.15, 0.2) is 29.5 Å². The number of hydrogen-bond acceptors (Lipinski definition) is 5. The fourth-order valence-corrected chi connectivity index (χ4v) is 2.24. The number of carbonyl (C=O) groups is 1. The molecule has 22 heavy (non-hydrogen) atoms. The molecule has 2 heterocycles. The van der Waals surface area contributed by atoms with Crippen LogP contribution in [0.3, 0.4) is 0 Å². The molecule has 0 saturated carbocycles. The molecule has 2 aromatic rings. The highest BCUT2D eigenvalue weighted by Gasteiger charge is 2.23. The highest BCUT2D eigenvalue weighted by atomic mass is 16.3. The van der Waals surface area contributed by atoms with Gasteiger partial charge in [-0.15, -0.1) is 0 Å². The fourth-order valence-electron chi connectivity index (χ4n) is 2.24. The van der Waals surface area contributed by atoms with Crippen LogP contribution in [0.5, 0.6) is 5.75 Å². The monoisotopic (exact) mass is 296 g/mol. The number of aromatic hydroxyl groups is 1. The van der Waals surface area contributed by atoms with Crippen LogP contribution in [-0.2, 0) is 0 Å². The molecule has 8 nitrogen and oxygen atoms in total. The Bertz CT molecular complexity index is 788. The molecule has 0 unspecified atom stereocenters. The van der Waals surface area contributed by atoms with Gasteiger partial charge in [0.25, 0.3) is 5.91 Å². The lowest BCUT2D eigenvalue weighted by molar-refractivity contribution is 0.0974. The van der Waals surface area contributed by atoms with Gasteiger partial charge in [0.2, 0.25) is 0 Å². The van der Waals surface area contributed by atoms with Crippen molar-refractivity contribution in [2.75, 3.05) is 13.1 Å². The minimum atomic E-state index is -0.535. The first-order valence-corrected chi connectivity index (χ1v) is 6.53. The largest absolute Gasteiger partial charge is 0.507 e. The molecule has 1 aliphatic rings. The van der Waals surface area contributed by atoms with Crippen LogP contribution < -0.4 is 10.6 Å². The number of nitrogens with one attached hydrogen (secondary N) is 3. The number of aromatic amines is 1. The summed E-state index contributed by atoms with van der Waals surface area (Å²) in [5.41, 5.74) is 1.16. The summed E-state index contributed by atoms with van der Waals surface area (Å²) in [5, 5.41) is 22.1. The van der Waals surface area contributed by atoms with Gasteiger partial charge in [-0.1, -0.05) is 6.07 Å². The van der Waals surface area contributed by atoms with E-state index in [2.05, 4.69) is 30.7 Å². The van der Waals surface area contributed by atoms with Crippen LogP contribution >= 0.6 is 0 Å². The van der Waals surface area contributed by atoms with E-state index >= 15 is 0 Å². The number of H-pyrrole nitrogens is 1. The van der Waals surface area contributed by atoms with Gasteiger partial charge in [-0.3, -0.25) is 20.2 Å². The van der Waals surface area contributed by atoms with Gasteiger partial charge in [-0.05, 0) is 6.07 Å². The molecule has 0 aliphatic carbocycles. The second-order valence-corrected chi connectivity index (χ2v) is 4.56. The second-order valence-electron chi connectivity index (χ2n) is 4.56. The molecule has 0 fully saturated rings. The van der Waals surface area contributed by atoms with E-state index in [-0.39, 0.29) is 17.0 Å². The Labute approximate surface area is 125 Å². The van der Waals surface area contributed by atoms with Gasteiger partial charge in [-0.25, -0.2) is 4.85 Å². The summed E-state index contributed by atoms with van der Waals surface area (Å²) in [6, 6.07) is 2.79. The number of nitrogens with zero attached hydrogens (tertiary/aromatic N) is 3. The molecule has 1 aromatic carbocycles. The molecule has 0 spiro atoms. The molecule has 8 heteroatoms. The first kappa shape index (κ1) is 13.6. The number of carbonyl (C=O) groups excluding carboxylic acids is 1. The number of phenols is 1. The quantitative estimate of drug-likeness (QED) is 0.621. The SMILES string of the molecule is [C-]#[N+]c1ccc(O)c(C(=O)NC2=NCCN2)c1-c1cn[nH]c1. The number of amides is 1. The fraction of sp³-hybridized carbons (Fsp3) is 0.143. The van der Waals surface area contributed by atoms with Crippen molar-refractivity contribution in [3.8, 4) is 16.9 Å². The summed E-state index contributed by atoms with van der Waals surface area (Å²) in [4.78, 5) is 20.0. The van der Waals surface area contributed by atoms with Crippen LogP contribution in [-0.4, -0.2) is 40.3 Å². The average Bonchev–Trinajstić information content (AvgIpc) is 3.20. The van der Waals surface area contributed by atoms with Crippen LogP contribution in [0.4, 0.5) is 5.69 Å². The molecule has 1 amide bonds. The van der Waals surface area contributed by atoms with Crippen molar-refractivity contribution in [2.24, 2.45) is 4.99 Å². The normalized spacial score (nSPS) is 13.1. The summed E-state index contributed by atoms with van der Waals surface area (Å²) >= 11 is 0. The Hall–Kier alpha value is -3.34. The standard InChI is InChI=1S/C14H12N6O2/c1-15-9-2-3-10(21)12(11(9)8-6-18-19-7-8)13(22)20-14-16-4-5-17-14/h2-3,6-7,21H,4-5H2,(H,18,19)(H2,16,17,20,22). The van der Waals surface area contributed by atoms with Crippen molar-refractivity contribution in [3.05, 3.63) is 41.5 Å². The topological polar surface area (TPSA) is 107 Å². The Balaban J connectivity index is 2.09. The minimum absolute atomic E-state index is 0.0197. The van der Waals surface area contributed by atoms with E-state index in [1.807, 2.05) is 0 Å². The summed E-state index contributed by atoms with van der Waals surface area (Å²) in [5.74, 6) is -0.386. The molecule has 0 radical (unpaired) electrons. The van der Waals surface area contributed by atoms with E-state index in [1.54, 1.807) is 6.20 Å². The smallest absolute Gasteiger partial charge is 0.261 e. The van der Waals surface area contributed by atoms with E-state index in [4.69, 9.17) is 6.57 Å². The maximum Gasteiger partial charge on any atom is 0.261 e. The van der Waals surface area contributed by atoms with Crippen LogP contribution in [0.1, 0.15) is 10.4 Å². The zero-order chi connectivity index (χ0) is 15.5. The molecule has 110 valence electrons. The van der Waals surface area contributed by atoms with Crippen molar-refractivity contribution in [3.63, 3.8) is 0 Å². The lowest BCUT2D eigenvalue weighted by atomic mass is 9.98. The molecule has 0 bridgehead atoms. The van der Waals surface area contributed by atoms with Crippen LogP contribution in [0.2, 0.25) is 0 Å². The summed E-state index contributed by atoms with van der Waals surface area (Å²) < 4.78 is 0. The van der Waals surface area contributed by atoms with Crippen molar-refractivity contribution in [1.29, 1.82) is 0 Å². The lowest BCUT2D eigenvalue weighted by Gasteiger charge is -2.12. The number of hydrogen-bond donors (Lipinski definition) is 4. The Morgan fingerprint density at radius 2 is 2.32 bits per heavy atom. The number of benzene rings is 1. The lowest BCUT2D eigenvalue weighted by Crippen LogP contribution is -2.38. The Morgan fingerprint density at radius 3 is 2.95 bits per heavy atom. The molecule has 3 rings (SSSR count). The van der Waals surface area contributed by atoms with Crippen LogP contribution in [0.25, 0.3) is 16.0 Å². The van der Waals surface area contributed by atoms with Gasteiger partial charge in [0.05, 0.1) is 24.9 Å². The first-order valence-electron chi connectivity index (χ1n) is 6.53. The van der Waals surface area contributed by atoms with Gasteiger partial charge in [0, 0.05) is 23.9 Å². The van der Waals surface area contributed by atoms with Crippen molar-refractivity contribution >= 4 is 17.6 Å². The predicted octanol–water partition coefficient (Wildman–Crippen LogP) is 1.02. The predicted molar refractivity (Wildman–Crippen MR) is 79.7 cm³/mol. The van der Waals surface area contributed by atoms with Crippen LogP contribution in [0, 0.1) is 6.57 Å². The van der Waals surface area contributed by atoms with Gasteiger partial charge in [0.15, 0.2) is 11.6 Å². The minimum Gasteiger partial charge on any atom is -0.507 e. The maximum atomic E-state index is 12.5. The molecule has 4 N–H and O–H groups in total. The number of rotatable bonds is 2. The third-order valence-electron chi connectivity index (χ3n) is 3.20. The number of aromatic nitrogens is 2. The molecular formula is C14H12N6O2. The molecule has 1 aliphatic heterocycles. The van der Waals surface area contributed by atoms with Crippen molar-refractivity contribution in [1.82, 2.24) is 20.8 Å². The van der Waals surface area contributed by atoms with E-state index in [0.29, 0.717) is 30.2 Å². The number of aliphatic imine (C=N–C) groups is 1. The van der Waals surface area contributed by atoms with Gasteiger partial charge in [0.1, 0.15) is 5.75 Å². The molecular weight excluding hydrogens is 284 g/mol. The zero-order valence-electron chi connectivity index (χ0n) is 11.4. The maximum absolute atomic E-state index is 12.5. The highest BCUT2D eigenvalue weighted by molar-refractivity contribution is 6.12. The average molecular weight is 296 g/mol. The summed E-state index contributed by atoms with van der Waals surface area (Å²) in [6.07, 6.45) is 3.05.